The van der Waals surface area contributed by atoms with Crippen LogP contribution in [0, 0.1) is 13.8 Å². The van der Waals surface area contributed by atoms with Gasteiger partial charge >= 0.3 is 0 Å². The SMILES string of the molecule is Cc1ccc(C)n1CCNC(=O)C1CSCN1. The van der Waals surface area contributed by atoms with Crippen molar-refractivity contribution in [3.8, 4) is 0 Å². The van der Waals surface area contributed by atoms with Crippen molar-refractivity contribution in [3.63, 3.8) is 0 Å². The second-order valence-corrected chi connectivity index (χ2v) is 5.36. The minimum atomic E-state index is -0.00754. The van der Waals surface area contributed by atoms with E-state index in [1.165, 1.54) is 11.4 Å². The number of aryl methyl sites for hydroxylation is 2. The average Bonchev–Trinajstić information content (AvgIpc) is 2.93. The fourth-order valence-electron chi connectivity index (χ4n) is 2.03. The first kappa shape index (κ1) is 12.5. The van der Waals surface area contributed by atoms with E-state index in [2.05, 4.69) is 41.2 Å². The molecule has 0 bridgehead atoms. The van der Waals surface area contributed by atoms with Gasteiger partial charge in [0.15, 0.2) is 0 Å². The average molecular weight is 253 g/mol. The number of nitrogens with zero attached hydrogens (tertiary/aromatic N) is 1. The molecule has 1 saturated heterocycles. The molecule has 1 unspecified atom stereocenters. The van der Waals surface area contributed by atoms with E-state index in [0.717, 1.165) is 18.2 Å². The zero-order valence-electron chi connectivity index (χ0n) is 10.3. The number of carbonyl (C=O) groups excluding carboxylic acids is 1. The Kier molecular flexibility index (Phi) is 4.12. The third kappa shape index (κ3) is 3.04. The zero-order valence-corrected chi connectivity index (χ0v) is 11.1. The first-order valence-electron chi connectivity index (χ1n) is 5.90. The highest BCUT2D eigenvalue weighted by Crippen LogP contribution is 2.09. The van der Waals surface area contributed by atoms with Crippen molar-refractivity contribution in [2.45, 2.75) is 26.4 Å². The summed E-state index contributed by atoms with van der Waals surface area (Å²) in [6, 6.07) is 4.20. The molecule has 17 heavy (non-hydrogen) atoms. The summed E-state index contributed by atoms with van der Waals surface area (Å²) in [5.74, 6) is 1.89. The minimum absolute atomic E-state index is 0.00754. The molecule has 1 aliphatic heterocycles. The Morgan fingerprint density at radius 1 is 1.53 bits per heavy atom. The van der Waals surface area contributed by atoms with Crippen molar-refractivity contribution >= 4 is 17.7 Å². The number of carbonyl (C=O) groups is 1. The van der Waals surface area contributed by atoms with Crippen molar-refractivity contribution in [1.29, 1.82) is 0 Å². The topological polar surface area (TPSA) is 46.1 Å². The molecule has 0 aromatic carbocycles. The van der Waals surface area contributed by atoms with Crippen molar-refractivity contribution in [3.05, 3.63) is 23.5 Å². The molecule has 1 aromatic rings. The summed E-state index contributed by atoms with van der Waals surface area (Å²) in [6.45, 7) is 5.71. The molecule has 5 heteroatoms. The van der Waals surface area contributed by atoms with E-state index < -0.39 is 0 Å². The van der Waals surface area contributed by atoms with Gasteiger partial charge in [-0.1, -0.05) is 0 Å². The third-order valence-corrected chi connectivity index (χ3v) is 4.02. The van der Waals surface area contributed by atoms with E-state index >= 15 is 0 Å². The third-order valence-electron chi connectivity index (χ3n) is 3.08. The highest BCUT2D eigenvalue weighted by atomic mass is 32.2. The quantitative estimate of drug-likeness (QED) is 0.837. The van der Waals surface area contributed by atoms with E-state index in [1.54, 1.807) is 11.8 Å². The Morgan fingerprint density at radius 2 is 2.24 bits per heavy atom. The highest BCUT2D eigenvalue weighted by molar-refractivity contribution is 7.99. The fraction of sp³-hybridized carbons (Fsp3) is 0.583. The maximum Gasteiger partial charge on any atom is 0.238 e. The lowest BCUT2D eigenvalue weighted by Gasteiger charge is -2.13. The highest BCUT2D eigenvalue weighted by Gasteiger charge is 2.21. The number of nitrogens with one attached hydrogen (secondary N) is 2. The number of aromatic nitrogens is 1. The summed E-state index contributed by atoms with van der Waals surface area (Å²) >= 11 is 1.77. The van der Waals surface area contributed by atoms with E-state index in [9.17, 15) is 4.79 Å². The summed E-state index contributed by atoms with van der Waals surface area (Å²) in [5, 5.41) is 6.15. The molecular formula is C12H19N3OS. The van der Waals surface area contributed by atoms with Crippen LogP contribution in [0.5, 0.6) is 0 Å². The van der Waals surface area contributed by atoms with Crippen LogP contribution in [0.4, 0.5) is 0 Å². The van der Waals surface area contributed by atoms with Crippen molar-refractivity contribution < 1.29 is 4.79 Å². The maximum atomic E-state index is 11.7. The van der Waals surface area contributed by atoms with Gasteiger partial charge in [-0.15, -0.1) is 11.8 Å². The molecular weight excluding hydrogens is 234 g/mol. The van der Waals surface area contributed by atoms with Crippen LogP contribution in [0.1, 0.15) is 11.4 Å². The van der Waals surface area contributed by atoms with Gasteiger partial charge in [-0.05, 0) is 26.0 Å². The van der Waals surface area contributed by atoms with Crippen molar-refractivity contribution in [2.75, 3.05) is 18.2 Å². The molecule has 0 saturated carbocycles. The van der Waals surface area contributed by atoms with Crippen LogP contribution in [0.25, 0.3) is 0 Å². The first-order valence-corrected chi connectivity index (χ1v) is 7.05. The van der Waals surface area contributed by atoms with Crippen molar-refractivity contribution in [2.24, 2.45) is 0 Å². The van der Waals surface area contributed by atoms with Gasteiger partial charge in [0.05, 0.1) is 6.04 Å². The van der Waals surface area contributed by atoms with Gasteiger partial charge in [0.25, 0.3) is 0 Å². The second kappa shape index (κ2) is 5.60. The molecule has 1 aliphatic rings. The standard InChI is InChI=1S/C12H19N3OS/c1-9-3-4-10(2)15(9)6-5-13-12(16)11-7-17-8-14-11/h3-4,11,14H,5-8H2,1-2H3,(H,13,16). The monoisotopic (exact) mass is 253 g/mol. The van der Waals surface area contributed by atoms with Gasteiger partial charge in [-0.2, -0.15) is 0 Å². The maximum absolute atomic E-state index is 11.7. The fourth-order valence-corrected chi connectivity index (χ4v) is 2.97. The molecule has 0 aliphatic carbocycles. The zero-order chi connectivity index (χ0) is 12.3. The van der Waals surface area contributed by atoms with Gasteiger partial charge < -0.3 is 9.88 Å². The van der Waals surface area contributed by atoms with E-state index in [0.29, 0.717) is 6.54 Å². The molecule has 2 rings (SSSR count). The molecule has 0 radical (unpaired) electrons. The number of amides is 1. The lowest BCUT2D eigenvalue weighted by molar-refractivity contribution is -0.122. The second-order valence-electron chi connectivity index (χ2n) is 4.33. The number of rotatable bonds is 4. The predicted molar refractivity (Wildman–Crippen MR) is 71.2 cm³/mol. The van der Waals surface area contributed by atoms with Crippen LogP contribution in [0.2, 0.25) is 0 Å². The lowest BCUT2D eigenvalue weighted by atomic mass is 10.3. The Hall–Kier alpha value is -0.940. The molecule has 94 valence electrons. The summed E-state index contributed by atoms with van der Waals surface area (Å²) in [4.78, 5) is 11.7. The predicted octanol–water partition coefficient (Wildman–Crippen LogP) is 0.884. The molecule has 2 N–H and O–H groups in total. The van der Waals surface area contributed by atoms with Crippen LogP contribution in [0.3, 0.4) is 0 Å². The van der Waals surface area contributed by atoms with Crippen molar-refractivity contribution in [1.82, 2.24) is 15.2 Å². The number of hydrogen-bond donors (Lipinski definition) is 2. The first-order chi connectivity index (χ1) is 8.18. The smallest absolute Gasteiger partial charge is 0.238 e. The molecule has 1 amide bonds. The Labute approximate surface area is 106 Å². The summed E-state index contributed by atoms with van der Waals surface area (Å²) in [7, 11) is 0. The van der Waals surface area contributed by atoms with E-state index in [4.69, 9.17) is 0 Å². The molecule has 1 aromatic heterocycles. The normalized spacial score (nSPS) is 19.5. The number of hydrogen-bond acceptors (Lipinski definition) is 3. The van der Waals surface area contributed by atoms with Gasteiger partial charge in [-0.25, -0.2) is 0 Å². The van der Waals surface area contributed by atoms with Gasteiger partial charge in [0.2, 0.25) is 5.91 Å². The molecule has 4 nitrogen and oxygen atoms in total. The summed E-state index contributed by atoms with van der Waals surface area (Å²) < 4.78 is 2.22. The van der Waals surface area contributed by atoms with Crippen LogP contribution in [-0.4, -0.2) is 34.7 Å². The van der Waals surface area contributed by atoms with Crippen LogP contribution in [-0.2, 0) is 11.3 Å². The van der Waals surface area contributed by atoms with Crippen LogP contribution < -0.4 is 10.6 Å². The van der Waals surface area contributed by atoms with Crippen LogP contribution in [0.15, 0.2) is 12.1 Å². The summed E-state index contributed by atoms with van der Waals surface area (Å²) in [6.07, 6.45) is 0. The van der Waals surface area contributed by atoms with Gasteiger partial charge in [0.1, 0.15) is 0 Å². The molecule has 1 fully saturated rings. The largest absolute Gasteiger partial charge is 0.353 e. The Bertz CT molecular complexity index is 377. The van der Waals surface area contributed by atoms with Gasteiger partial charge in [0, 0.05) is 36.1 Å². The van der Waals surface area contributed by atoms with Crippen LogP contribution >= 0.6 is 11.8 Å². The minimum Gasteiger partial charge on any atom is -0.353 e. The van der Waals surface area contributed by atoms with E-state index in [-0.39, 0.29) is 11.9 Å². The molecule has 1 atom stereocenters. The number of thioether (sulfide) groups is 1. The molecule has 0 spiro atoms. The summed E-state index contributed by atoms with van der Waals surface area (Å²) in [5.41, 5.74) is 2.48. The van der Waals surface area contributed by atoms with E-state index in [1.807, 2.05) is 0 Å². The Balaban J connectivity index is 1.77. The van der Waals surface area contributed by atoms with Gasteiger partial charge in [-0.3, -0.25) is 10.1 Å². The Morgan fingerprint density at radius 3 is 2.82 bits per heavy atom. The lowest BCUT2D eigenvalue weighted by Crippen LogP contribution is -2.43. The molecule has 2 heterocycles.